The van der Waals surface area contributed by atoms with E-state index in [0.717, 1.165) is 10.6 Å². The van der Waals surface area contributed by atoms with Crippen molar-refractivity contribution in [3.63, 3.8) is 0 Å². The fraction of sp³-hybridized carbons (Fsp3) is 0.158. The molecule has 0 unspecified atom stereocenters. The number of rotatable bonds is 5. The van der Waals surface area contributed by atoms with E-state index >= 15 is 0 Å². The largest absolute Gasteiger partial charge is 0.497 e. The van der Waals surface area contributed by atoms with Crippen molar-refractivity contribution < 1.29 is 14.3 Å². The van der Waals surface area contributed by atoms with Crippen LogP contribution in [-0.4, -0.2) is 25.1 Å². The lowest BCUT2D eigenvalue weighted by Crippen LogP contribution is -2.15. The van der Waals surface area contributed by atoms with Crippen LogP contribution in [0.15, 0.2) is 47.8 Å². The molecule has 0 saturated heterocycles. The van der Waals surface area contributed by atoms with Gasteiger partial charge in [-0.15, -0.1) is 11.3 Å². The van der Waals surface area contributed by atoms with Gasteiger partial charge in [0.1, 0.15) is 11.5 Å². The van der Waals surface area contributed by atoms with Crippen molar-refractivity contribution in [1.29, 1.82) is 0 Å². The van der Waals surface area contributed by atoms with Gasteiger partial charge in [0.2, 0.25) is 0 Å². The molecule has 0 atom stereocenters. The number of carbonyl (C=O) groups is 1. The number of aryl methyl sites for hydroxylation is 1. The van der Waals surface area contributed by atoms with Crippen LogP contribution in [-0.2, 0) is 0 Å². The zero-order valence-corrected chi connectivity index (χ0v) is 15.0. The first-order valence-corrected chi connectivity index (χ1v) is 8.55. The Hall–Kier alpha value is -2.86. The normalized spacial score (nSPS) is 10.4. The maximum Gasteiger partial charge on any atom is 0.257 e. The summed E-state index contributed by atoms with van der Waals surface area (Å²) in [4.78, 5) is 18.3. The first-order valence-electron chi connectivity index (χ1n) is 7.67. The van der Waals surface area contributed by atoms with Gasteiger partial charge in [0.05, 0.1) is 41.7 Å². The van der Waals surface area contributed by atoms with E-state index < -0.39 is 0 Å². The molecule has 1 aromatic carbocycles. The fourth-order valence-corrected chi connectivity index (χ4v) is 3.16. The number of amides is 1. The van der Waals surface area contributed by atoms with Crippen molar-refractivity contribution in [3.8, 4) is 22.1 Å². The molecule has 1 amide bonds. The van der Waals surface area contributed by atoms with E-state index in [2.05, 4.69) is 10.3 Å². The van der Waals surface area contributed by atoms with Gasteiger partial charge in [0.25, 0.3) is 5.91 Å². The Balaban J connectivity index is 1.87. The minimum absolute atomic E-state index is 0.241. The first kappa shape index (κ1) is 17.0. The van der Waals surface area contributed by atoms with E-state index in [1.165, 1.54) is 0 Å². The summed E-state index contributed by atoms with van der Waals surface area (Å²) in [6, 6.07) is 12.9. The van der Waals surface area contributed by atoms with Crippen molar-refractivity contribution >= 4 is 22.9 Å². The van der Waals surface area contributed by atoms with Crippen LogP contribution in [0, 0.1) is 6.92 Å². The van der Waals surface area contributed by atoms with Crippen LogP contribution in [0.4, 0.5) is 5.69 Å². The number of nitrogens with zero attached hydrogens (tertiary/aromatic N) is 1. The van der Waals surface area contributed by atoms with Gasteiger partial charge in [0.15, 0.2) is 0 Å². The molecule has 3 aromatic rings. The monoisotopic (exact) mass is 354 g/mol. The minimum Gasteiger partial charge on any atom is -0.497 e. The van der Waals surface area contributed by atoms with Gasteiger partial charge in [-0.3, -0.25) is 9.78 Å². The smallest absolute Gasteiger partial charge is 0.257 e. The molecule has 0 aliphatic rings. The molecule has 2 heterocycles. The summed E-state index contributed by atoms with van der Waals surface area (Å²) in [5.74, 6) is 0.961. The number of hydrogen-bond donors (Lipinski definition) is 1. The Morgan fingerprint density at radius 2 is 1.96 bits per heavy atom. The SMILES string of the molecule is COc1ccc(OC)c(NC(=O)c2ccc(-c3cccs3)nc2C)c1. The van der Waals surface area contributed by atoms with Gasteiger partial charge in [-0.25, -0.2) is 0 Å². The van der Waals surface area contributed by atoms with Gasteiger partial charge in [-0.2, -0.15) is 0 Å². The molecule has 0 aliphatic heterocycles. The first-order chi connectivity index (χ1) is 12.1. The number of aromatic nitrogens is 1. The predicted octanol–water partition coefficient (Wildman–Crippen LogP) is 4.39. The highest BCUT2D eigenvalue weighted by molar-refractivity contribution is 7.13. The van der Waals surface area contributed by atoms with Gasteiger partial charge in [-0.05, 0) is 42.6 Å². The molecule has 0 radical (unpaired) electrons. The number of pyridine rings is 1. The van der Waals surface area contributed by atoms with Gasteiger partial charge < -0.3 is 14.8 Å². The van der Waals surface area contributed by atoms with Crippen molar-refractivity contribution in [1.82, 2.24) is 4.98 Å². The molecule has 128 valence electrons. The van der Waals surface area contributed by atoms with E-state index in [4.69, 9.17) is 9.47 Å². The molecule has 3 rings (SSSR count). The number of benzene rings is 1. The van der Waals surface area contributed by atoms with E-state index in [1.807, 2.05) is 30.5 Å². The molecule has 1 N–H and O–H groups in total. The number of ether oxygens (including phenoxy) is 2. The Morgan fingerprint density at radius 3 is 2.60 bits per heavy atom. The summed E-state index contributed by atoms with van der Waals surface area (Å²) in [5, 5.41) is 4.87. The Kier molecular flexibility index (Phi) is 5.00. The van der Waals surface area contributed by atoms with Crippen molar-refractivity contribution in [3.05, 3.63) is 59.1 Å². The standard InChI is InChI=1S/C19H18N2O3S/c1-12-14(7-8-15(20-12)18-5-4-10-25-18)19(22)21-16-11-13(23-2)6-9-17(16)24-3/h4-11H,1-3H3,(H,21,22). The number of anilines is 1. The third-order valence-electron chi connectivity index (χ3n) is 3.76. The summed E-state index contributed by atoms with van der Waals surface area (Å²) in [5.41, 5.74) is 2.60. The quantitative estimate of drug-likeness (QED) is 0.738. The Labute approximate surface area is 150 Å². The number of thiophene rings is 1. The van der Waals surface area contributed by atoms with Crippen LogP contribution < -0.4 is 14.8 Å². The van der Waals surface area contributed by atoms with Crippen LogP contribution in [0.2, 0.25) is 0 Å². The minimum atomic E-state index is -0.241. The maximum atomic E-state index is 12.7. The summed E-state index contributed by atoms with van der Waals surface area (Å²) >= 11 is 1.62. The third-order valence-corrected chi connectivity index (χ3v) is 4.65. The third kappa shape index (κ3) is 3.64. The molecule has 2 aromatic heterocycles. The Morgan fingerprint density at radius 1 is 1.12 bits per heavy atom. The average Bonchev–Trinajstić information content (AvgIpc) is 3.16. The Bertz CT molecular complexity index is 892. The number of hydrogen-bond acceptors (Lipinski definition) is 5. The number of carbonyl (C=O) groups excluding carboxylic acids is 1. The molecule has 25 heavy (non-hydrogen) atoms. The summed E-state index contributed by atoms with van der Waals surface area (Å²) < 4.78 is 10.5. The van der Waals surface area contributed by atoms with Crippen molar-refractivity contribution in [2.45, 2.75) is 6.92 Å². The van der Waals surface area contributed by atoms with Crippen LogP contribution in [0.3, 0.4) is 0 Å². The molecule has 0 bridgehead atoms. The second kappa shape index (κ2) is 7.36. The zero-order valence-electron chi connectivity index (χ0n) is 14.2. The molecular weight excluding hydrogens is 336 g/mol. The van der Waals surface area contributed by atoms with E-state index in [-0.39, 0.29) is 5.91 Å². The second-order valence-corrected chi connectivity index (χ2v) is 6.27. The van der Waals surface area contributed by atoms with Gasteiger partial charge in [-0.1, -0.05) is 6.07 Å². The second-order valence-electron chi connectivity index (χ2n) is 5.33. The number of nitrogens with one attached hydrogen (secondary N) is 1. The van der Waals surface area contributed by atoms with Gasteiger partial charge in [0, 0.05) is 6.07 Å². The molecule has 6 heteroatoms. The summed E-state index contributed by atoms with van der Waals surface area (Å²) in [6.07, 6.45) is 0. The van der Waals surface area contributed by atoms with Crippen molar-refractivity contribution in [2.24, 2.45) is 0 Å². The van der Waals surface area contributed by atoms with Crippen LogP contribution in [0.1, 0.15) is 16.1 Å². The average molecular weight is 354 g/mol. The maximum absolute atomic E-state index is 12.7. The topological polar surface area (TPSA) is 60.5 Å². The van der Waals surface area contributed by atoms with E-state index in [9.17, 15) is 4.79 Å². The zero-order chi connectivity index (χ0) is 17.8. The highest BCUT2D eigenvalue weighted by atomic mass is 32.1. The molecule has 0 saturated carbocycles. The van der Waals surface area contributed by atoms with Crippen LogP contribution in [0.25, 0.3) is 10.6 Å². The highest BCUT2D eigenvalue weighted by Gasteiger charge is 2.15. The fourth-order valence-electron chi connectivity index (χ4n) is 2.46. The highest BCUT2D eigenvalue weighted by Crippen LogP contribution is 2.30. The predicted molar refractivity (Wildman–Crippen MR) is 99.8 cm³/mol. The van der Waals surface area contributed by atoms with Crippen molar-refractivity contribution in [2.75, 3.05) is 19.5 Å². The summed E-state index contributed by atoms with van der Waals surface area (Å²) in [6.45, 7) is 1.83. The molecule has 0 fully saturated rings. The molecule has 5 nitrogen and oxygen atoms in total. The lowest BCUT2D eigenvalue weighted by Gasteiger charge is -2.13. The lowest BCUT2D eigenvalue weighted by molar-refractivity contribution is 0.102. The van der Waals surface area contributed by atoms with Crippen LogP contribution in [0.5, 0.6) is 11.5 Å². The molecule has 0 aliphatic carbocycles. The van der Waals surface area contributed by atoms with E-state index in [0.29, 0.717) is 28.4 Å². The molecule has 0 spiro atoms. The lowest BCUT2D eigenvalue weighted by atomic mass is 10.1. The summed E-state index contributed by atoms with van der Waals surface area (Å²) in [7, 11) is 3.13. The van der Waals surface area contributed by atoms with Crippen LogP contribution >= 0.6 is 11.3 Å². The number of methoxy groups -OCH3 is 2. The molecular formula is C19H18N2O3S. The van der Waals surface area contributed by atoms with E-state index in [1.54, 1.807) is 49.8 Å². The van der Waals surface area contributed by atoms with Gasteiger partial charge >= 0.3 is 0 Å².